The number of amides is 1. The molecule has 1 amide bonds. The third-order valence-corrected chi connectivity index (χ3v) is 3.05. The molecule has 0 aromatic carbocycles. The molecule has 0 spiro atoms. The maximum absolute atomic E-state index is 12.2. The number of nitrogens with one attached hydrogen (secondary N) is 2. The number of anilines is 2. The van der Waals surface area contributed by atoms with Gasteiger partial charge in [-0.25, -0.2) is 10.8 Å². The zero-order valence-electron chi connectivity index (χ0n) is 10.3. The first kappa shape index (κ1) is 13.5. The van der Waals surface area contributed by atoms with E-state index in [4.69, 9.17) is 10.4 Å². The predicted octanol–water partition coefficient (Wildman–Crippen LogP) is 1.99. The van der Waals surface area contributed by atoms with Crippen molar-refractivity contribution in [1.82, 2.24) is 10.1 Å². The van der Waals surface area contributed by atoms with Gasteiger partial charge in [0.1, 0.15) is 0 Å². The summed E-state index contributed by atoms with van der Waals surface area (Å²) in [4.78, 5) is 16.1. The van der Waals surface area contributed by atoms with E-state index in [9.17, 15) is 4.79 Å². The van der Waals surface area contributed by atoms with Crippen molar-refractivity contribution in [1.29, 1.82) is 0 Å². The molecule has 0 saturated carbocycles. The van der Waals surface area contributed by atoms with Crippen molar-refractivity contribution in [2.45, 2.75) is 13.8 Å². The molecule has 0 aliphatic rings. The normalized spacial score (nSPS) is 10.3. The van der Waals surface area contributed by atoms with Gasteiger partial charge in [-0.15, -0.1) is 0 Å². The number of hydrogen-bond donors (Lipinski definition) is 3. The van der Waals surface area contributed by atoms with Gasteiger partial charge in [0.15, 0.2) is 5.82 Å². The lowest BCUT2D eigenvalue weighted by Crippen LogP contribution is -2.18. The third-order valence-electron chi connectivity index (χ3n) is 2.62. The van der Waals surface area contributed by atoms with Crippen LogP contribution in [-0.2, 0) is 0 Å². The highest BCUT2D eigenvalue weighted by molar-refractivity contribution is 9.10. The minimum absolute atomic E-state index is 0.273. The molecular weight excluding hydrogens is 314 g/mol. The number of aryl methyl sites for hydroxylation is 1. The number of halogens is 1. The fourth-order valence-corrected chi connectivity index (χ4v) is 1.76. The summed E-state index contributed by atoms with van der Waals surface area (Å²) in [5.74, 6) is 5.52. The van der Waals surface area contributed by atoms with E-state index in [2.05, 4.69) is 36.8 Å². The molecule has 0 unspecified atom stereocenters. The first-order valence-corrected chi connectivity index (χ1v) is 6.18. The maximum atomic E-state index is 12.2. The van der Waals surface area contributed by atoms with Crippen molar-refractivity contribution >= 4 is 33.5 Å². The van der Waals surface area contributed by atoms with Crippen molar-refractivity contribution in [2.24, 2.45) is 5.84 Å². The van der Waals surface area contributed by atoms with E-state index in [0.29, 0.717) is 15.9 Å². The van der Waals surface area contributed by atoms with Gasteiger partial charge in [0.25, 0.3) is 5.91 Å². The molecule has 0 aliphatic heterocycles. The van der Waals surface area contributed by atoms with E-state index >= 15 is 0 Å². The van der Waals surface area contributed by atoms with Gasteiger partial charge < -0.3 is 9.95 Å². The molecule has 2 heterocycles. The SMILES string of the molecule is Cc1noc(NC(=O)c2cc(Br)cnc2NN)c1C. The molecule has 0 radical (unpaired) electrons. The molecule has 8 heteroatoms. The lowest BCUT2D eigenvalue weighted by molar-refractivity contribution is 0.102. The van der Waals surface area contributed by atoms with Crippen LogP contribution in [0.2, 0.25) is 0 Å². The quantitative estimate of drug-likeness (QED) is 0.588. The fraction of sp³-hybridized carbons (Fsp3) is 0.182. The van der Waals surface area contributed by atoms with Crippen molar-refractivity contribution in [3.05, 3.63) is 33.6 Å². The summed E-state index contributed by atoms with van der Waals surface area (Å²) in [6, 6.07) is 1.61. The zero-order chi connectivity index (χ0) is 14.0. The molecule has 2 aromatic heterocycles. The second-order valence-corrected chi connectivity index (χ2v) is 4.79. The Hall–Kier alpha value is -1.93. The lowest BCUT2D eigenvalue weighted by Gasteiger charge is -2.07. The highest BCUT2D eigenvalue weighted by Gasteiger charge is 2.17. The second kappa shape index (κ2) is 5.37. The molecule has 2 rings (SSSR count). The van der Waals surface area contributed by atoms with Crippen molar-refractivity contribution in [2.75, 3.05) is 10.7 Å². The molecule has 0 atom stereocenters. The van der Waals surface area contributed by atoms with Crippen LogP contribution in [0.5, 0.6) is 0 Å². The zero-order valence-corrected chi connectivity index (χ0v) is 11.9. The standard InChI is InChI=1S/C11H12BrN5O2/c1-5-6(2)17-19-11(5)15-10(18)8-3-7(12)4-14-9(8)16-13/h3-4H,13H2,1-2H3,(H,14,16)(H,15,18). The first-order chi connectivity index (χ1) is 9.02. The Labute approximate surface area is 117 Å². The maximum Gasteiger partial charge on any atom is 0.261 e. The van der Waals surface area contributed by atoms with Crippen LogP contribution in [0, 0.1) is 13.8 Å². The summed E-state index contributed by atoms with van der Waals surface area (Å²) in [7, 11) is 0. The highest BCUT2D eigenvalue weighted by Crippen LogP contribution is 2.21. The van der Waals surface area contributed by atoms with Crippen molar-refractivity contribution in [3.8, 4) is 0 Å². The van der Waals surface area contributed by atoms with E-state index in [0.717, 1.165) is 11.3 Å². The van der Waals surface area contributed by atoms with Gasteiger partial charge >= 0.3 is 0 Å². The van der Waals surface area contributed by atoms with Gasteiger partial charge in [-0.2, -0.15) is 0 Å². The van der Waals surface area contributed by atoms with E-state index in [1.165, 1.54) is 6.20 Å². The topological polar surface area (TPSA) is 106 Å². The molecule has 0 saturated heterocycles. The summed E-state index contributed by atoms with van der Waals surface area (Å²) in [5.41, 5.74) is 4.17. The lowest BCUT2D eigenvalue weighted by atomic mass is 10.2. The van der Waals surface area contributed by atoms with Crippen molar-refractivity contribution in [3.63, 3.8) is 0 Å². The first-order valence-electron chi connectivity index (χ1n) is 5.39. The Morgan fingerprint density at radius 3 is 2.79 bits per heavy atom. The summed E-state index contributed by atoms with van der Waals surface area (Å²) in [5, 5.41) is 6.39. The van der Waals surface area contributed by atoms with Gasteiger partial charge in [0.2, 0.25) is 5.88 Å². The third kappa shape index (κ3) is 2.74. The minimum atomic E-state index is -0.388. The second-order valence-electron chi connectivity index (χ2n) is 3.87. The summed E-state index contributed by atoms with van der Waals surface area (Å²) >= 11 is 3.25. The van der Waals surface area contributed by atoms with Crippen LogP contribution in [0.25, 0.3) is 0 Å². The largest absolute Gasteiger partial charge is 0.338 e. The van der Waals surface area contributed by atoms with Gasteiger partial charge in [-0.3, -0.25) is 10.1 Å². The van der Waals surface area contributed by atoms with Crippen molar-refractivity contribution < 1.29 is 9.32 Å². The number of nitrogens with zero attached hydrogens (tertiary/aromatic N) is 2. The molecule has 2 aromatic rings. The Kier molecular flexibility index (Phi) is 3.82. The van der Waals surface area contributed by atoms with E-state index in [1.807, 2.05) is 6.92 Å². The Balaban J connectivity index is 2.30. The number of aromatic nitrogens is 2. The number of nitrogens with two attached hydrogens (primary N) is 1. The van der Waals surface area contributed by atoms with Crippen LogP contribution in [-0.4, -0.2) is 16.0 Å². The highest BCUT2D eigenvalue weighted by atomic mass is 79.9. The summed E-state index contributed by atoms with van der Waals surface area (Å²) in [6.45, 7) is 3.60. The molecule has 4 N–H and O–H groups in total. The van der Waals surface area contributed by atoms with Gasteiger partial charge in [0, 0.05) is 16.2 Å². The van der Waals surface area contributed by atoms with E-state index < -0.39 is 0 Å². The number of carbonyl (C=O) groups is 1. The predicted molar refractivity (Wildman–Crippen MR) is 73.7 cm³/mol. The van der Waals surface area contributed by atoms with E-state index in [1.54, 1.807) is 13.0 Å². The Morgan fingerprint density at radius 1 is 1.47 bits per heavy atom. The Bertz CT molecular complexity index is 626. The number of nitrogen functional groups attached to an aromatic ring is 1. The van der Waals surface area contributed by atoms with E-state index in [-0.39, 0.29) is 11.7 Å². The molecule has 7 nitrogen and oxygen atoms in total. The smallest absolute Gasteiger partial charge is 0.261 e. The number of carbonyl (C=O) groups excluding carboxylic acids is 1. The number of hydrazine groups is 1. The summed E-state index contributed by atoms with van der Waals surface area (Å²) in [6.07, 6.45) is 1.54. The van der Waals surface area contributed by atoms with Crippen LogP contribution < -0.4 is 16.6 Å². The monoisotopic (exact) mass is 325 g/mol. The average Bonchev–Trinajstić information content (AvgIpc) is 2.70. The van der Waals surface area contributed by atoms with Gasteiger partial charge in [0.05, 0.1) is 11.3 Å². The molecule has 0 aliphatic carbocycles. The molecule has 0 bridgehead atoms. The Morgan fingerprint density at radius 2 is 2.21 bits per heavy atom. The van der Waals surface area contributed by atoms with Crippen LogP contribution in [0.3, 0.4) is 0 Å². The van der Waals surface area contributed by atoms with Crippen LogP contribution in [0.4, 0.5) is 11.7 Å². The number of pyridine rings is 1. The molecular formula is C11H12BrN5O2. The minimum Gasteiger partial charge on any atom is -0.338 e. The number of hydrogen-bond acceptors (Lipinski definition) is 6. The molecule has 19 heavy (non-hydrogen) atoms. The molecule has 100 valence electrons. The fourth-order valence-electron chi connectivity index (χ4n) is 1.43. The van der Waals surface area contributed by atoms with Crippen LogP contribution in [0.15, 0.2) is 21.3 Å². The van der Waals surface area contributed by atoms with Gasteiger partial charge in [-0.1, -0.05) is 5.16 Å². The summed E-state index contributed by atoms with van der Waals surface area (Å²) < 4.78 is 5.69. The molecule has 0 fully saturated rings. The number of rotatable bonds is 3. The van der Waals surface area contributed by atoms with Crippen LogP contribution >= 0.6 is 15.9 Å². The van der Waals surface area contributed by atoms with Crippen LogP contribution in [0.1, 0.15) is 21.6 Å². The average molecular weight is 326 g/mol. The van der Waals surface area contributed by atoms with Gasteiger partial charge in [-0.05, 0) is 35.8 Å².